The van der Waals surface area contributed by atoms with Crippen LogP contribution in [0.1, 0.15) is 13.3 Å². The number of rotatable bonds is 1. The van der Waals surface area contributed by atoms with Gasteiger partial charge in [-0.3, -0.25) is 0 Å². The zero-order chi connectivity index (χ0) is 8.97. The van der Waals surface area contributed by atoms with Gasteiger partial charge in [-0.05, 0) is 25.5 Å². The van der Waals surface area contributed by atoms with Crippen molar-refractivity contribution in [1.82, 2.24) is 0 Å². The molecule has 1 atom stereocenters. The number of terminal acetylenes is 1. The van der Waals surface area contributed by atoms with Crippen LogP contribution in [0, 0.1) is 18.3 Å². The largest absolute Gasteiger partial charge is 0.387 e. The van der Waals surface area contributed by atoms with E-state index >= 15 is 0 Å². The van der Waals surface area contributed by atoms with Crippen molar-refractivity contribution in [3.63, 3.8) is 0 Å². The quantitative estimate of drug-likeness (QED) is 0.352. The molecule has 1 aliphatic carbocycles. The lowest BCUT2D eigenvalue weighted by molar-refractivity contribution is 0.839. The van der Waals surface area contributed by atoms with Gasteiger partial charge in [-0.25, -0.2) is 4.99 Å². The predicted molar refractivity (Wildman–Crippen MR) is 51.5 cm³/mol. The molecule has 0 amide bonds. The minimum Gasteiger partial charge on any atom is -0.387 e. The third-order valence-electron chi connectivity index (χ3n) is 1.57. The number of aliphatic imine (C=N–C) groups is 1. The van der Waals surface area contributed by atoms with Crippen LogP contribution < -0.4 is 5.73 Å². The van der Waals surface area contributed by atoms with Gasteiger partial charge in [-0.15, -0.1) is 6.42 Å². The van der Waals surface area contributed by atoms with Crippen LogP contribution in [0.2, 0.25) is 0 Å². The fraction of sp³-hybridized carbons (Fsp3) is 0.300. The van der Waals surface area contributed by atoms with E-state index in [-0.39, 0.29) is 5.92 Å². The van der Waals surface area contributed by atoms with E-state index in [9.17, 15) is 0 Å². The normalized spacial score (nSPS) is 23.2. The maximum Gasteiger partial charge on any atom is 0.0964 e. The Hall–Kier alpha value is -1.49. The van der Waals surface area contributed by atoms with Gasteiger partial charge in [0.25, 0.3) is 0 Å². The molecule has 1 unspecified atom stereocenters. The van der Waals surface area contributed by atoms with Gasteiger partial charge in [-0.2, -0.15) is 0 Å². The fourth-order valence-electron chi connectivity index (χ4n) is 1.06. The first kappa shape index (κ1) is 8.61. The Bertz CT molecular complexity index is 285. The molecule has 0 saturated carbocycles. The van der Waals surface area contributed by atoms with Crippen molar-refractivity contribution in [3.8, 4) is 12.3 Å². The van der Waals surface area contributed by atoms with E-state index in [1.807, 2.05) is 18.2 Å². The molecule has 0 spiro atoms. The highest BCUT2D eigenvalue weighted by molar-refractivity contribution is 5.78. The van der Waals surface area contributed by atoms with Crippen molar-refractivity contribution in [2.75, 3.05) is 0 Å². The predicted octanol–water partition coefficient (Wildman–Crippen LogP) is 1.46. The number of nitrogens with zero attached hydrogens (tertiary/aromatic N) is 1. The third kappa shape index (κ3) is 2.28. The Balaban J connectivity index is 2.79. The topological polar surface area (TPSA) is 38.4 Å². The Morgan fingerprint density at radius 1 is 1.83 bits per heavy atom. The first-order valence-corrected chi connectivity index (χ1v) is 3.87. The molecule has 0 saturated heterocycles. The summed E-state index contributed by atoms with van der Waals surface area (Å²) in [5.74, 6) is 3.40. The lowest BCUT2D eigenvalue weighted by Gasteiger charge is -2.07. The summed E-state index contributed by atoms with van der Waals surface area (Å²) in [6.45, 7) is 1.76. The van der Waals surface area contributed by atoms with Gasteiger partial charge in [0.15, 0.2) is 0 Å². The third-order valence-corrected chi connectivity index (χ3v) is 1.57. The van der Waals surface area contributed by atoms with Crippen LogP contribution in [-0.4, -0.2) is 5.84 Å². The van der Waals surface area contributed by atoms with Crippen LogP contribution in [0.15, 0.2) is 28.9 Å². The SMILES string of the molecule is C#CC1C=C(N=C(C)N)C=CC1. The Morgan fingerprint density at radius 3 is 3.17 bits per heavy atom. The van der Waals surface area contributed by atoms with Crippen molar-refractivity contribution in [2.24, 2.45) is 16.6 Å². The molecule has 0 aromatic rings. The monoisotopic (exact) mass is 160 g/mol. The van der Waals surface area contributed by atoms with Gasteiger partial charge in [-0.1, -0.05) is 12.0 Å². The van der Waals surface area contributed by atoms with Crippen LogP contribution in [0.4, 0.5) is 0 Å². The molecule has 0 aromatic heterocycles. The van der Waals surface area contributed by atoms with E-state index in [0.717, 1.165) is 12.1 Å². The second-order valence-electron chi connectivity index (χ2n) is 2.76. The van der Waals surface area contributed by atoms with Gasteiger partial charge in [0.05, 0.1) is 11.5 Å². The van der Waals surface area contributed by atoms with Gasteiger partial charge in [0.2, 0.25) is 0 Å². The number of nitrogens with two attached hydrogens (primary N) is 1. The standard InChI is InChI=1S/C10H12N2/c1-3-9-5-4-6-10(7-9)12-8(2)11/h1,4,6-7,9H,5H2,2H3,(H2,11,12). The van der Waals surface area contributed by atoms with Gasteiger partial charge < -0.3 is 5.73 Å². The minimum atomic E-state index is 0.174. The molecule has 1 rings (SSSR count). The molecule has 0 heterocycles. The van der Waals surface area contributed by atoms with E-state index in [4.69, 9.17) is 12.2 Å². The Morgan fingerprint density at radius 2 is 2.58 bits per heavy atom. The summed E-state index contributed by atoms with van der Waals surface area (Å²) in [7, 11) is 0. The fourth-order valence-corrected chi connectivity index (χ4v) is 1.06. The highest BCUT2D eigenvalue weighted by Gasteiger charge is 2.04. The molecule has 0 fully saturated rings. The molecule has 0 aromatic carbocycles. The van der Waals surface area contributed by atoms with Crippen LogP contribution in [0.5, 0.6) is 0 Å². The van der Waals surface area contributed by atoms with E-state index < -0.39 is 0 Å². The maximum atomic E-state index is 5.43. The molecule has 12 heavy (non-hydrogen) atoms. The number of amidine groups is 1. The molecule has 0 aliphatic heterocycles. The molecule has 0 bridgehead atoms. The summed E-state index contributed by atoms with van der Waals surface area (Å²) in [4.78, 5) is 4.11. The van der Waals surface area contributed by atoms with Crippen molar-refractivity contribution in [2.45, 2.75) is 13.3 Å². The number of hydrogen-bond donors (Lipinski definition) is 1. The molecule has 2 nitrogen and oxygen atoms in total. The summed E-state index contributed by atoms with van der Waals surface area (Å²) in [6.07, 6.45) is 12.1. The zero-order valence-electron chi connectivity index (χ0n) is 7.12. The highest BCUT2D eigenvalue weighted by atomic mass is 14.8. The van der Waals surface area contributed by atoms with Crippen molar-refractivity contribution in [3.05, 3.63) is 23.9 Å². The zero-order valence-corrected chi connectivity index (χ0v) is 7.12. The maximum absolute atomic E-state index is 5.43. The van der Waals surface area contributed by atoms with Crippen molar-refractivity contribution < 1.29 is 0 Å². The molecular formula is C10H12N2. The van der Waals surface area contributed by atoms with E-state index in [2.05, 4.69) is 10.9 Å². The second-order valence-corrected chi connectivity index (χ2v) is 2.76. The summed E-state index contributed by atoms with van der Waals surface area (Å²) in [5.41, 5.74) is 6.30. The number of hydrogen-bond acceptors (Lipinski definition) is 1. The summed E-state index contributed by atoms with van der Waals surface area (Å²) in [6, 6.07) is 0. The van der Waals surface area contributed by atoms with E-state index in [1.165, 1.54) is 0 Å². The van der Waals surface area contributed by atoms with Crippen LogP contribution in [0.3, 0.4) is 0 Å². The average Bonchev–Trinajstić information content (AvgIpc) is 2.03. The van der Waals surface area contributed by atoms with Gasteiger partial charge in [0, 0.05) is 5.92 Å². The second kappa shape index (κ2) is 3.77. The number of allylic oxidation sites excluding steroid dienone is 3. The van der Waals surface area contributed by atoms with Crippen molar-refractivity contribution >= 4 is 5.84 Å². The van der Waals surface area contributed by atoms with Crippen LogP contribution in [0.25, 0.3) is 0 Å². The van der Waals surface area contributed by atoms with Gasteiger partial charge >= 0.3 is 0 Å². The van der Waals surface area contributed by atoms with Crippen LogP contribution in [-0.2, 0) is 0 Å². The summed E-state index contributed by atoms with van der Waals surface area (Å²) < 4.78 is 0. The Labute approximate surface area is 72.9 Å². The highest BCUT2D eigenvalue weighted by Crippen LogP contribution is 2.16. The molecule has 1 aliphatic rings. The first-order chi connectivity index (χ1) is 5.72. The lowest BCUT2D eigenvalue weighted by Crippen LogP contribution is -2.06. The van der Waals surface area contributed by atoms with Crippen molar-refractivity contribution in [1.29, 1.82) is 0 Å². The van der Waals surface area contributed by atoms with Gasteiger partial charge in [0.1, 0.15) is 0 Å². The molecular weight excluding hydrogens is 148 g/mol. The Kier molecular flexibility index (Phi) is 2.71. The minimum absolute atomic E-state index is 0.174. The average molecular weight is 160 g/mol. The molecule has 62 valence electrons. The smallest absolute Gasteiger partial charge is 0.0964 e. The lowest BCUT2D eigenvalue weighted by atomic mass is 10.0. The first-order valence-electron chi connectivity index (χ1n) is 3.87. The molecule has 0 radical (unpaired) electrons. The summed E-state index contributed by atoms with van der Waals surface area (Å²) >= 11 is 0. The van der Waals surface area contributed by atoms with E-state index in [1.54, 1.807) is 6.92 Å². The molecule has 2 heteroatoms. The summed E-state index contributed by atoms with van der Waals surface area (Å²) in [5, 5.41) is 0. The van der Waals surface area contributed by atoms with E-state index in [0.29, 0.717) is 5.84 Å². The van der Waals surface area contributed by atoms with Crippen LogP contribution >= 0.6 is 0 Å². The molecule has 2 N–H and O–H groups in total.